The van der Waals surface area contributed by atoms with E-state index in [2.05, 4.69) is 36.1 Å². The summed E-state index contributed by atoms with van der Waals surface area (Å²) >= 11 is 3.50. The van der Waals surface area contributed by atoms with E-state index in [0.29, 0.717) is 36.1 Å². The molecule has 1 fully saturated rings. The summed E-state index contributed by atoms with van der Waals surface area (Å²) in [7, 11) is 1.43. The molecule has 188 valence electrons. The summed E-state index contributed by atoms with van der Waals surface area (Å²) in [6.45, 7) is 2.19. The lowest BCUT2D eigenvalue weighted by atomic mass is 9.98. The SMILES string of the molecule is COc1cc2ncnc(Nc3cccc(Br)c3)c2cc1OCC1CCN(CP(=O)(OC)OC)CC1. The van der Waals surface area contributed by atoms with Gasteiger partial charge in [-0.3, -0.25) is 9.46 Å². The zero-order valence-electron chi connectivity index (χ0n) is 20.1. The van der Waals surface area contributed by atoms with Gasteiger partial charge in [-0.2, -0.15) is 0 Å². The average Bonchev–Trinajstić information content (AvgIpc) is 2.88. The van der Waals surface area contributed by atoms with Crippen molar-refractivity contribution in [2.24, 2.45) is 5.92 Å². The predicted molar refractivity (Wildman–Crippen MR) is 140 cm³/mol. The van der Waals surface area contributed by atoms with Crippen molar-refractivity contribution in [1.82, 2.24) is 14.9 Å². The smallest absolute Gasteiger partial charge is 0.344 e. The van der Waals surface area contributed by atoms with Crippen LogP contribution in [-0.2, 0) is 13.6 Å². The largest absolute Gasteiger partial charge is 0.493 e. The molecule has 11 heteroatoms. The van der Waals surface area contributed by atoms with Gasteiger partial charge in [0.2, 0.25) is 0 Å². The fourth-order valence-electron chi connectivity index (χ4n) is 4.08. The van der Waals surface area contributed by atoms with Gasteiger partial charge in [-0.05, 0) is 56.1 Å². The van der Waals surface area contributed by atoms with Crippen molar-refractivity contribution in [3.05, 3.63) is 47.2 Å². The fourth-order valence-corrected chi connectivity index (χ4v) is 5.63. The van der Waals surface area contributed by atoms with Crippen LogP contribution in [0.1, 0.15) is 12.8 Å². The minimum atomic E-state index is -3.04. The molecule has 2 aromatic carbocycles. The summed E-state index contributed by atoms with van der Waals surface area (Å²) in [6.07, 6.45) is 3.70. The van der Waals surface area contributed by atoms with Crippen molar-refractivity contribution in [2.75, 3.05) is 52.6 Å². The van der Waals surface area contributed by atoms with Gasteiger partial charge in [0, 0.05) is 35.8 Å². The molecule has 2 heterocycles. The molecule has 3 aromatic rings. The zero-order valence-corrected chi connectivity index (χ0v) is 22.5. The van der Waals surface area contributed by atoms with E-state index in [1.807, 2.05) is 36.4 Å². The van der Waals surface area contributed by atoms with E-state index < -0.39 is 7.60 Å². The number of nitrogens with one attached hydrogen (secondary N) is 1. The number of likely N-dealkylation sites (tertiary alicyclic amines) is 1. The highest BCUT2D eigenvalue weighted by Gasteiger charge is 2.28. The van der Waals surface area contributed by atoms with E-state index >= 15 is 0 Å². The van der Waals surface area contributed by atoms with Crippen molar-refractivity contribution < 1.29 is 23.1 Å². The third-order valence-corrected chi connectivity index (χ3v) is 8.47. The first-order valence-electron chi connectivity index (χ1n) is 11.3. The minimum absolute atomic E-state index is 0.305. The van der Waals surface area contributed by atoms with Crippen LogP contribution in [-0.4, -0.2) is 62.2 Å². The number of nitrogens with zero attached hydrogens (tertiary/aromatic N) is 3. The molecule has 1 aliphatic rings. The Morgan fingerprint density at radius 3 is 2.54 bits per heavy atom. The summed E-state index contributed by atoms with van der Waals surface area (Å²) in [5.74, 6) is 2.35. The number of fused-ring (bicyclic) bond motifs is 1. The van der Waals surface area contributed by atoms with E-state index in [4.69, 9.17) is 18.5 Å². The van der Waals surface area contributed by atoms with Crippen LogP contribution in [0.5, 0.6) is 11.5 Å². The van der Waals surface area contributed by atoms with Gasteiger partial charge < -0.3 is 23.8 Å². The molecule has 1 aromatic heterocycles. The van der Waals surface area contributed by atoms with Crippen LogP contribution < -0.4 is 14.8 Å². The topological polar surface area (TPSA) is 95.0 Å². The lowest BCUT2D eigenvalue weighted by molar-refractivity contribution is 0.143. The van der Waals surface area contributed by atoms with Gasteiger partial charge in [0.25, 0.3) is 0 Å². The van der Waals surface area contributed by atoms with Crippen LogP contribution in [0.2, 0.25) is 0 Å². The molecular weight excluding hydrogens is 535 g/mol. The molecule has 0 radical (unpaired) electrons. The van der Waals surface area contributed by atoms with Gasteiger partial charge in [0.1, 0.15) is 18.4 Å². The third-order valence-electron chi connectivity index (χ3n) is 6.12. The van der Waals surface area contributed by atoms with E-state index in [-0.39, 0.29) is 0 Å². The maximum absolute atomic E-state index is 12.4. The molecule has 0 atom stereocenters. The first-order chi connectivity index (χ1) is 16.9. The number of hydrogen-bond acceptors (Lipinski definition) is 9. The van der Waals surface area contributed by atoms with Crippen LogP contribution in [0.4, 0.5) is 11.5 Å². The number of rotatable bonds is 10. The Labute approximate surface area is 213 Å². The molecule has 1 aliphatic heterocycles. The molecule has 9 nitrogen and oxygen atoms in total. The van der Waals surface area contributed by atoms with Gasteiger partial charge in [0.05, 0.1) is 19.2 Å². The number of anilines is 2. The first kappa shape index (κ1) is 25.9. The molecule has 0 unspecified atom stereocenters. The zero-order chi connectivity index (χ0) is 24.8. The number of benzene rings is 2. The molecule has 0 spiro atoms. The highest BCUT2D eigenvalue weighted by atomic mass is 79.9. The molecule has 1 N–H and O–H groups in total. The van der Waals surface area contributed by atoms with Crippen molar-refractivity contribution >= 4 is 45.9 Å². The Hall–Kier alpha value is -2.23. The van der Waals surface area contributed by atoms with Crippen LogP contribution >= 0.6 is 23.5 Å². The average molecular weight is 565 g/mol. The Morgan fingerprint density at radius 2 is 1.86 bits per heavy atom. The van der Waals surface area contributed by atoms with Crippen molar-refractivity contribution in [3.8, 4) is 11.5 Å². The van der Waals surface area contributed by atoms with E-state index in [1.165, 1.54) is 20.5 Å². The van der Waals surface area contributed by atoms with Gasteiger partial charge >= 0.3 is 7.60 Å². The molecule has 1 saturated heterocycles. The van der Waals surface area contributed by atoms with E-state index in [1.54, 1.807) is 7.11 Å². The van der Waals surface area contributed by atoms with Crippen LogP contribution in [0.3, 0.4) is 0 Å². The van der Waals surface area contributed by atoms with E-state index in [0.717, 1.165) is 47.0 Å². The molecule has 4 rings (SSSR count). The second kappa shape index (κ2) is 11.7. The Kier molecular flexibility index (Phi) is 8.62. The lowest BCUT2D eigenvalue weighted by Gasteiger charge is -2.33. The van der Waals surface area contributed by atoms with Gasteiger partial charge in [0.15, 0.2) is 11.5 Å². The number of ether oxygens (including phenoxy) is 2. The standard InChI is InChI=1S/C24H30BrN4O5P/c1-31-22-13-21-20(24(27-15-26-21)28-19-6-4-5-18(25)11-19)12-23(22)34-14-17-7-9-29(10-8-17)16-35(30,32-2)33-3/h4-6,11-13,15,17H,7-10,14,16H2,1-3H3,(H,26,27,28). The number of piperidine rings is 1. The summed E-state index contributed by atoms with van der Waals surface area (Å²) in [5.41, 5.74) is 1.67. The van der Waals surface area contributed by atoms with Gasteiger partial charge in [-0.15, -0.1) is 0 Å². The van der Waals surface area contributed by atoms with Gasteiger partial charge in [-0.1, -0.05) is 22.0 Å². The number of hydrogen-bond donors (Lipinski definition) is 1. The van der Waals surface area contributed by atoms with Crippen LogP contribution in [0.15, 0.2) is 47.2 Å². The maximum atomic E-state index is 12.4. The highest BCUT2D eigenvalue weighted by Crippen LogP contribution is 2.47. The van der Waals surface area contributed by atoms with Crippen molar-refractivity contribution in [1.29, 1.82) is 0 Å². The number of aromatic nitrogens is 2. The Bertz CT molecular complexity index is 1200. The summed E-state index contributed by atoms with van der Waals surface area (Å²) < 4.78 is 35.3. The molecule has 0 aliphatic carbocycles. The van der Waals surface area contributed by atoms with Crippen LogP contribution in [0.25, 0.3) is 10.9 Å². The molecular formula is C24H30BrN4O5P. The summed E-state index contributed by atoms with van der Waals surface area (Å²) in [5, 5.41) is 4.21. The molecule has 0 bridgehead atoms. The summed E-state index contributed by atoms with van der Waals surface area (Å²) in [6, 6.07) is 11.7. The monoisotopic (exact) mass is 564 g/mol. The highest BCUT2D eigenvalue weighted by molar-refractivity contribution is 9.10. The van der Waals surface area contributed by atoms with Crippen LogP contribution in [0, 0.1) is 5.92 Å². The number of methoxy groups -OCH3 is 1. The quantitative estimate of drug-likeness (QED) is 0.312. The second-order valence-electron chi connectivity index (χ2n) is 8.37. The fraction of sp³-hybridized carbons (Fsp3) is 0.417. The predicted octanol–water partition coefficient (Wildman–Crippen LogP) is 5.68. The second-order valence-corrected chi connectivity index (χ2v) is 11.5. The van der Waals surface area contributed by atoms with Crippen molar-refractivity contribution in [2.45, 2.75) is 12.8 Å². The van der Waals surface area contributed by atoms with Gasteiger partial charge in [-0.25, -0.2) is 9.97 Å². The first-order valence-corrected chi connectivity index (χ1v) is 13.9. The third kappa shape index (κ3) is 6.51. The Balaban J connectivity index is 1.45. The lowest BCUT2D eigenvalue weighted by Crippen LogP contribution is -2.36. The molecule has 0 amide bonds. The number of halogens is 1. The van der Waals surface area contributed by atoms with E-state index in [9.17, 15) is 4.57 Å². The minimum Gasteiger partial charge on any atom is -0.493 e. The van der Waals surface area contributed by atoms with Crippen molar-refractivity contribution in [3.63, 3.8) is 0 Å². The molecule has 35 heavy (non-hydrogen) atoms. The Morgan fingerprint density at radius 1 is 1.09 bits per heavy atom. The molecule has 0 saturated carbocycles. The summed E-state index contributed by atoms with van der Waals surface area (Å²) in [4.78, 5) is 11.0. The normalized spacial score (nSPS) is 15.3. The maximum Gasteiger partial charge on any atom is 0.344 e.